The molecule has 0 bridgehead atoms. The lowest BCUT2D eigenvalue weighted by molar-refractivity contribution is 0.618. The third-order valence-corrected chi connectivity index (χ3v) is 3.53. The first-order valence-corrected chi connectivity index (χ1v) is 6.31. The minimum atomic E-state index is -0.456. The smallest absolute Gasteiger partial charge is 0.142 e. The average Bonchev–Trinajstić information content (AvgIpc) is 2.34. The van der Waals surface area contributed by atoms with Crippen molar-refractivity contribution in [3.05, 3.63) is 69.7 Å². The molecular formula is C15H14ClF2N. The van der Waals surface area contributed by atoms with Gasteiger partial charge in [-0.3, -0.25) is 0 Å². The minimum Gasteiger partial charge on any atom is -0.324 e. The maximum absolute atomic E-state index is 13.3. The van der Waals surface area contributed by atoms with E-state index in [9.17, 15) is 8.78 Å². The van der Waals surface area contributed by atoms with E-state index in [-0.39, 0.29) is 16.9 Å². The first-order valence-electron chi connectivity index (χ1n) is 5.93. The van der Waals surface area contributed by atoms with Gasteiger partial charge in [0.25, 0.3) is 0 Å². The van der Waals surface area contributed by atoms with E-state index in [1.165, 1.54) is 18.2 Å². The van der Waals surface area contributed by atoms with E-state index in [0.717, 1.165) is 11.1 Å². The molecule has 0 fully saturated rings. The second-order valence-electron chi connectivity index (χ2n) is 4.52. The first-order chi connectivity index (χ1) is 8.99. The van der Waals surface area contributed by atoms with Crippen molar-refractivity contribution in [2.45, 2.75) is 19.4 Å². The van der Waals surface area contributed by atoms with Crippen LogP contribution in [0.1, 0.15) is 22.7 Å². The van der Waals surface area contributed by atoms with E-state index in [1.807, 2.05) is 0 Å². The highest BCUT2D eigenvalue weighted by Gasteiger charge is 2.13. The zero-order valence-corrected chi connectivity index (χ0v) is 11.2. The Bertz CT molecular complexity index is 599. The third kappa shape index (κ3) is 3.11. The van der Waals surface area contributed by atoms with Crippen LogP contribution in [0.15, 0.2) is 36.4 Å². The van der Waals surface area contributed by atoms with Gasteiger partial charge in [-0.1, -0.05) is 29.8 Å². The molecule has 100 valence electrons. The number of benzene rings is 2. The Hall–Kier alpha value is -1.45. The molecule has 1 unspecified atom stereocenters. The normalized spacial score (nSPS) is 12.5. The SMILES string of the molecule is Cc1cc(F)ccc1C(N)Cc1cccc(F)c1Cl. The van der Waals surface area contributed by atoms with Crippen LogP contribution in [0, 0.1) is 18.6 Å². The topological polar surface area (TPSA) is 26.0 Å². The Morgan fingerprint density at radius 1 is 1.21 bits per heavy atom. The molecule has 0 aliphatic heterocycles. The Balaban J connectivity index is 2.25. The lowest BCUT2D eigenvalue weighted by Crippen LogP contribution is -2.15. The van der Waals surface area contributed by atoms with Crippen molar-refractivity contribution < 1.29 is 8.78 Å². The fourth-order valence-electron chi connectivity index (χ4n) is 2.11. The summed E-state index contributed by atoms with van der Waals surface area (Å²) in [7, 11) is 0. The number of halogens is 3. The van der Waals surface area contributed by atoms with Crippen LogP contribution < -0.4 is 5.73 Å². The molecule has 1 nitrogen and oxygen atoms in total. The van der Waals surface area contributed by atoms with Gasteiger partial charge in [-0.2, -0.15) is 0 Å². The molecule has 19 heavy (non-hydrogen) atoms. The largest absolute Gasteiger partial charge is 0.324 e. The molecule has 2 N–H and O–H groups in total. The Morgan fingerprint density at radius 2 is 1.95 bits per heavy atom. The number of hydrogen-bond acceptors (Lipinski definition) is 1. The maximum Gasteiger partial charge on any atom is 0.142 e. The van der Waals surface area contributed by atoms with Gasteiger partial charge in [0.05, 0.1) is 5.02 Å². The second-order valence-corrected chi connectivity index (χ2v) is 4.90. The van der Waals surface area contributed by atoms with Crippen LogP contribution in [0.5, 0.6) is 0 Å². The van der Waals surface area contributed by atoms with Crippen molar-refractivity contribution in [1.82, 2.24) is 0 Å². The maximum atomic E-state index is 13.3. The summed E-state index contributed by atoms with van der Waals surface area (Å²) < 4.78 is 26.4. The molecule has 1 atom stereocenters. The number of nitrogens with two attached hydrogens (primary N) is 1. The van der Waals surface area contributed by atoms with Gasteiger partial charge in [0.1, 0.15) is 11.6 Å². The zero-order chi connectivity index (χ0) is 14.0. The number of aryl methyl sites for hydroxylation is 1. The monoisotopic (exact) mass is 281 g/mol. The van der Waals surface area contributed by atoms with Crippen LogP contribution in [-0.4, -0.2) is 0 Å². The minimum absolute atomic E-state index is 0.0951. The Morgan fingerprint density at radius 3 is 2.63 bits per heavy atom. The Labute approximate surface area is 116 Å². The quantitative estimate of drug-likeness (QED) is 0.898. The van der Waals surface area contributed by atoms with Gasteiger partial charge in [0, 0.05) is 6.04 Å². The zero-order valence-electron chi connectivity index (χ0n) is 10.5. The second kappa shape index (κ2) is 5.68. The van der Waals surface area contributed by atoms with E-state index in [1.54, 1.807) is 25.1 Å². The van der Waals surface area contributed by atoms with Crippen LogP contribution in [0.3, 0.4) is 0 Å². The van der Waals surface area contributed by atoms with Gasteiger partial charge in [-0.25, -0.2) is 8.78 Å². The standard InChI is InChI=1S/C15H14ClF2N/c1-9-7-11(17)5-6-12(9)14(19)8-10-3-2-4-13(18)15(10)16/h2-7,14H,8,19H2,1H3. The van der Waals surface area contributed by atoms with E-state index in [2.05, 4.69) is 0 Å². The molecule has 0 spiro atoms. The lowest BCUT2D eigenvalue weighted by atomic mass is 9.96. The lowest BCUT2D eigenvalue weighted by Gasteiger charge is -2.16. The molecule has 0 amide bonds. The molecule has 2 rings (SSSR count). The van der Waals surface area contributed by atoms with Gasteiger partial charge in [0.15, 0.2) is 0 Å². The summed E-state index contributed by atoms with van der Waals surface area (Å²) in [5.74, 6) is -0.751. The van der Waals surface area contributed by atoms with Crippen LogP contribution in [-0.2, 0) is 6.42 Å². The summed E-state index contributed by atoms with van der Waals surface area (Å²) >= 11 is 5.90. The van der Waals surface area contributed by atoms with Crippen LogP contribution in [0.2, 0.25) is 5.02 Å². The third-order valence-electron chi connectivity index (χ3n) is 3.10. The highest BCUT2D eigenvalue weighted by molar-refractivity contribution is 6.31. The van der Waals surface area contributed by atoms with Crippen molar-refractivity contribution in [2.75, 3.05) is 0 Å². The summed E-state index contributed by atoms with van der Waals surface area (Å²) in [6.07, 6.45) is 0.406. The van der Waals surface area contributed by atoms with Crippen LogP contribution in [0.25, 0.3) is 0 Å². The highest BCUT2D eigenvalue weighted by atomic mass is 35.5. The summed E-state index contributed by atoms with van der Waals surface area (Å²) in [4.78, 5) is 0. The van der Waals surface area contributed by atoms with Crippen molar-refractivity contribution in [1.29, 1.82) is 0 Å². The summed E-state index contributed by atoms with van der Waals surface area (Å²) in [5.41, 5.74) is 8.36. The van der Waals surface area contributed by atoms with Crippen LogP contribution >= 0.6 is 11.6 Å². The molecule has 4 heteroatoms. The van der Waals surface area contributed by atoms with Crippen molar-refractivity contribution in [2.24, 2.45) is 5.73 Å². The van der Waals surface area contributed by atoms with E-state index in [4.69, 9.17) is 17.3 Å². The van der Waals surface area contributed by atoms with Gasteiger partial charge in [0.2, 0.25) is 0 Å². The number of hydrogen-bond donors (Lipinski definition) is 1. The molecule has 0 saturated carbocycles. The molecule has 0 heterocycles. The van der Waals surface area contributed by atoms with Crippen molar-refractivity contribution >= 4 is 11.6 Å². The molecule has 2 aromatic rings. The van der Waals surface area contributed by atoms with E-state index in [0.29, 0.717) is 12.0 Å². The molecule has 2 aromatic carbocycles. The summed E-state index contributed by atoms with van der Waals surface area (Å²) in [6, 6.07) is 8.76. The highest BCUT2D eigenvalue weighted by Crippen LogP contribution is 2.26. The molecule has 0 radical (unpaired) electrons. The van der Waals surface area contributed by atoms with Gasteiger partial charge >= 0.3 is 0 Å². The summed E-state index contributed by atoms with van der Waals surface area (Å²) in [5, 5.41) is 0.0951. The number of rotatable bonds is 3. The predicted molar refractivity (Wildman–Crippen MR) is 73.2 cm³/mol. The predicted octanol–water partition coefficient (Wildman–Crippen LogP) is 4.17. The summed E-state index contributed by atoms with van der Waals surface area (Å²) in [6.45, 7) is 1.80. The van der Waals surface area contributed by atoms with Gasteiger partial charge in [-0.15, -0.1) is 0 Å². The van der Waals surface area contributed by atoms with Crippen LogP contribution in [0.4, 0.5) is 8.78 Å². The molecular weight excluding hydrogens is 268 g/mol. The molecule has 0 aromatic heterocycles. The fraction of sp³-hybridized carbons (Fsp3) is 0.200. The van der Waals surface area contributed by atoms with Crippen molar-refractivity contribution in [3.8, 4) is 0 Å². The van der Waals surface area contributed by atoms with Gasteiger partial charge in [-0.05, 0) is 48.2 Å². The fourth-order valence-corrected chi connectivity index (χ4v) is 2.31. The average molecular weight is 282 g/mol. The molecule has 0 aliphatic carbocycles. The van der Waals surface area contributed by atoms with E-state index < -0.39 is 5.82 Å². The molecule has 0 aliphatic rings. The van der Waals surface area contributed by atoms with E-state index >= 15 is 0 Å². The van der Waals surface area contributed by atoms with Crippen molar-refractivity contribution in [3.63, 3.8) is 0 Å². The Kier molecular flexibility index (Phi) is 4.17. The first kappa shape index (κ1) is 14.0. The van der Waals surface area contributed by atoms with Gasteiger partial charge < -0.3 is 5.73 Å². The molecule has 0 saturated heterocycles.